The van der Waals surface area contributed by atoms with Crippen LogP contribution in [0.4, 0.5) is 5.69 Å². The van der Waals surface area contributed by atoms with Crippen molar-refractivity contribution >= 4 is 34.7 Å². The van der Waals surface area contributed by atoms with Gasteiger partial charge in [0.15, 0.2) is 4.34 Å². The number of hydrogen-bond acceptors (Lipinski definition) is 5. The van der Waals surface area contributed by atoms with Crippen LogP contribution in [0.5, 0.6) is 0 Å². The Bertz CT molecular complexity index is 604. The molecule has 0 radical (unpaired) electrons. The van der Waals surface area contributed by atoms with Crippen molar-refractivity contribution in [3.05, 3.63) is 54.1 Å². The molecule has 0 aliphatic carbocycles. The summed E-state index contributed by atoms with van der Waals surface area (Å²) in [7, 11) is 0. The standard InChI is InChI=1S/C14H13N3OS2/c1-2-3-4-5-13(18)16-11-6-8-12(9-7-11)20-14-17-15-10-19-14/h2-10H,1H3,(H,16,18)/b3-2+,5-4-. The summed E-state index contributed by atoms with van der Waals surface area (Å²) < 4.78 is 0.899. The lowest BCUT2D eigenvalue weighted by atomic mass is 10.3. The van der Waals surface area contributed by atoms with Crippen LogP contribution < -0.4 is 5.32 Å². The molecule has 1 heterocycles. The summed E-state index contributed by atoms with van der Waals surface area (Å²) in [5.74, 6) is -0.146. The minimum absolute atomic E-state index is 0.146. The Morgan fingerprint density at radius 1 is 1.30 bits per heavy atom. The number of rotatable bonds is 5. The molecular weight excluding hydrogens is 290 g/mol. The fourth-order valence-electron chi connectivity index (χ4n) is 1.35. The molecule has 6 heteroatoms. The van der Waals surface area contributed by atoms with Gasteiger partial charge in [0.2, 0.25) is 5.91 Å². The number of carbonyl (C=O) groups is 1. The number of benzene rings is 1. The van der Waals surface area contributed by atoms with Gasteiger partial charge < -0.3 is 5.32 Å². The van der Waals surface area contributed by atoms with Gasteiger partial charge in [-0.1, -0.05) is 41.3 Å². The van der Waals surface area contributed by atoms with Crippen molar-refractivity contribution in [2.24, 2.45) is 0 Å². The summed E-state index contributed by atoms with van der Waals surface area (Å²) in [5.41, 5.74) is 2.47. The second-order valence-electron chi connectivity index (χ2n) is 3.71. The zero-order chi connectivity index (χ0) is 14.2. The molecule has 2 aromatic rings. The Morgan fingerprint density at radius 3 is 2.75 bits per heavy atom. The molecule has 1 aromatic heterocycles. The molecule has 0 saturated carbocycles. The molecule has 0 fully saturated rings. The monoisotopic (exact) mass is 303 g/mol. The average molecular weight is 303 g/mol. The van der Waals surface area contributed by atoms with Gasteiger partial charge in [-0.3, -0.25) is 4.79 Å². The number of amides is 1. The molecule has 0 unspecified atom stereocenters. The number of aromatic nitrogens is 2. The second kappa shape index (κ2) is 7.62. The summed E-state index contributed by atoms with van der Waals surface area (Å²) in [6, 6.07) is 7.62. The first-order valence-electron chi connectivity index (χ1n) is 5.92. The largest absolute Gasteiger partial charge is 0.323 e. The Hall–Kier alpha value is -1.92. The summed E-state index contributed by atoms with van der Waals surface area (Å²) >= 11 is 3.05. The molecule has 0 atom stereocenters. The van der Waals surface area contributed by atoms with E-state index in [9.17, 15) is 4.79 Å². The number of anilines is 1. The molecule has 0 bridgehead atoms. The maximum absolute atomic E-state index is 11.6. The van der Waals surface area contributed by atoms with Gasteiger partial charge in [0.25, 0.3) is 0 Å². The van der Waals surface area contributed by atoms with Crippen LogP contribution in [-0.4, -0.2) is 16.1 Å². The van der Waals surface area contributed by atoms with Gasteiger partial charge in [-0.25, -0.2) is 0 Å². The maximum atomic E-state index is 11.6. The summed E-state index contributed by atoms with van der Waals surface area (Å²) in [5, 5.41) is 10.6. The zero-order valence-electron chi connectivity index (χ0n) is 10.8. The third-order valence-corrected chi connectivity index (χ3v) is 4.00. The van der Waals surface area contributed by atoms with Crippen LogP contribution in [0.2, 0.25) is 0 Å². The van der Waals surface area contributed by atoms with Crippen molar-refractivity contribution in [3.63, 3.8) is 0 Å². The first kappa shape index (κ1) is 14.5. The van der Waals surface area contributed by atoms with E-state index in [0.717, 1.165) is 14.9 Å². The highest BCUT2D eigenvalue weighted by Crippen LogP contribution is 2.29. The lowest BCUT2D eigenvalue weighted by Gasteiger charge is -2.03. The lowest BCUT2D eigenvalue weighted by Crippen LogP contribution is -2.07. The maximum Gasteiger partial charge on any atom is 0.248 e. The van der Waals surface area contributed by atoms with E-state index < -0.39 is 0 Å². The van der Waals surface area contributed by atoms with Crippen molar-refractivity contribution in [1.82, 2.24) is 10.2 Å². The fraction of sp³-hybridized carbons (Fsp3) is 0.0714. The van der Waals surface area contributed by atoms with E-state index >= 15 is 0 Å². The summed E-state index contributed by atoms with van der Waals surface area (Å²) in [6.45, 7) is 1.90. The highest BCUT2D eigenvalue weighted by atomic mass is 32.2. The molecule has 2 rings (SSSR count). The van der Waals surface area contributed by atoms with E-state index in [-0.39, 0.29) is 5.91 Å². The quantitative estimate of drug-likeness (QED) is 0.675. The van der Waals surface area contributed by atoms with E-state index in [2.05, 4.69) is 15.5 Å². The van der Waals surface area contributed by atoms with Crippen LogP contribution in [-0.2, 0) is 4.79 Å². The predicted molar refractivity (Wildman–Crippen MR) is 83.1 cm³/mol. The van der Waals surface area contributed by atoms with Crippen LogP contribution in [0.3, 0.4) is 0 Å². The first-order chi connectivity index (χ1) is 9.78. The number of nitrogens with one attached hydrogen (secondary N) is 1. The Morgan fingerprint density at radius 2 is 2.10 bits per heavy atom. The van der Waals surface area contributed by atoms with Crippen molar-refractivity contribution in [2.45, 2.75) is 16.2 Å². The molecule has 0 saturated heterocycles. The minimum atomic E-state index is -0.146. The SMILES string of the molecule is C/C=C/C=C\C(=O)Nc1ccc(Sc2nncs2)cc1. The Balaban J connectivity index is 1.93. The van der Waals surface area contributed by atoms with Gasteiger partial charge in [-0.05, 0) is 31.2 Å². The van der Waals surface area contributed by atoms with Crippen molar-refractivity contribution in [2.75, 3.05) is 5.32 Å². The Labute approximate surface area is 125 Å². The van der Waals surface area contributed by atoms with Crippen LogP contribution in [0.15, 0.2) is 63.3 Å². The summed E-state index contributed by atoms with van der Waals surface area (Å²) in [4.78, 5) is 12.6. The van der Waals surface area contributed by atoms with Crippen molar-refractivity contribution < 1.29 is 4.79 Å². The molecule has 0 aliphatic rings. The van der Waals surface area contributed by atoms with Crippen LogP contribution in [0.25, 0.3) is 0 Å². The van der Waals surface area contributed by atoms with Crippen LogP contribution in [0.1, 0.15) is 6.92 Å². The number of nitrogens with zero attached hydrogens (tertiary/aromatic N) is 2. The molecule has 4 nitrogen and oxygen atoms in total. The highest BCUT2D eigenvalue weighted by Gasteiger charge is 2.02. The molecule has 0 aliphatic heterocycles. The molecule has 20 heavy (non-hydrogen) atoms. The number of allylic oxidation sites excluding steroid dienone is 3. The van der Waals surface area contributed by atoms with Crippen molar-refractivity contribution in [1.29, 1.82) is 0 Å². The molecule has 1 amide bonds. The van der Waals surface area contributed by atoms with Crippen molar-refractivity contribution in [3.8, 4) is 0 Å². The molecule has 1 aromatic carbocycles. The van der Waals surface area contributed by atoms with Gasteiger partial charge >= 0.3 is 0 Å². The van der Waals surface area contributed by atoms with Gasteiger partial charge in [0.1, 0.15) is 5.51 Å². The van der Waals surface area contributed by atoms with E-state index in [1.165, 1.54) is 17.4 Å². The van der Waals surface area contributed by atoms with E-state index in [4.69, 9.17) is 0 Å². The predicted octanol–water partition coefficient (Wildman–Crippen LogP) is 3.76. The third kappa shape index (κ3) is 4.64. The third-order valence-electron chi connectivity index (χ3n) is 2.22. The number of hydrogen-bond donors (Lipinski definition) is 1. The topological polar surface area (TPSA) is 54.9 Å². The molecule has 0 spiro atoms. The second-order valence-corrected chi connectivity index (χ2v) is 5.86. The summed E-state index contributed by atoms with van der Waals surface area (Å²) in [6.07, 6.45) is 6.86. The van der Waals surface area contributed by atoms with Gasteiger partial charge in [-0.15, -0.1) is 10.2 Å². The molecular formula is C14H13N3OS2. The normalized spacial score (nSPS) is 11.2. The molecule has 102 valence electrons. The van der Waals surface area contributed by atoms with Crippen LogP contribution >= 0.6 is 23.1 Å². The van der Waals surface area contributed by atoms with Gasteiger partial charge in [0, 0.05) is 16.7 Å². The molecule has 1 N–H and O–H groups in total. The van der Waals surface area contributed by atoms with E-state index in [0.29, 0.717) is 0 Å². The van der Waals surface area contributed by atoms with E-state index in [1.807, 2.05) is 37.3 Å². The number of carbonyl (C=O) groups excluding carboxylic acids is 1. The fourth-order valence-corrected chi connectivity index (χ4v) is 2.80. The van der Waals surface area contributed by atoms with E-state index in [1.54, 1.807) is 29.4 Å². The van der Waals surface area contributed by atoms with Crippen LogP contribution in [0, 0.1) is 0 Å². The Kier molecular flexibility index (Phi) is 5.52. The van der Waals surface area contributed by atoms with Gasteiger partial charge in [0.05, 0.1) is 0 Å². The average Bonchev–Trinajstić information content (AvgIpc) is 2.94. The first-order valence-corrected chi connectivity index (χ1v) is 7.62. The van der Waals surface area contributed by atoms with Gasteiger partial charge in [-0.2, -0.15) is 0 Å². The highest BCUT2D eigenvalue weighted by molar-refractivity contribution is 8.01. The minimum Gasteiger partial charge on any atom is -0.323 e. The lowest BCUT2D eigenvalue weighted by molar-refractivity contribution is -0.111. The smallest absolute Gasteiger partial charge is 0.248 e. The zero-order valence-corrected chi connectivity index (χ0v) is 12.4.